The summed E-state index contributed by atoms with van der Waals surface area (Å²) in [6.45, 7) is 2.15. The van der Waals surface area contributed by atoms with Gasteiger partial charge in [-0.15, -0.1) is 0 Å². The van der Waals surface area contributed by atoms with Crippen LogP contribution in [0.5, 0.6) is 0 Å². The zero-order chi connectivity index (χ0) is 19.5. The molecule has 0 spiro atoms. The number of hydrogen-bond donors (Lipinski definition) is 1. The molecule has 2 aliphatic rings. The molecule has 142 valence electrons. The SMILES string of the molecule is N#Cc1cccc(C(=O)N2C[C@@H]3[C@H](CNC(=O)c4ccnnc4)CO[C@@H]3C2)c1. The van der Waals surface area contributed by atoms with Crippen LogP contribution >= 0.6 is 0 Å². The van der Waals surface area contributed by atoms with Crippen LogP contribution in [-0.4, -0.2) is 59.3 Å². The molecule has 28 heavy (non-hydrogen) atoms. The number of fused-ring (bicyclic) bond motifs is 1. The van der Waals surface area contributed by atoms with Gasteiger partial charge in [0.05, 0.1) is 42.3 Å². The molecule has 3 atom stereocenters. The second-order valence-corrected chi connectivity index (χ2v) is 7.04. The zero-order valence-electron chi connectivity index (χ0n) is 15.1. The van der Waals surface area contributed by atoms with Crippen molar-refractivity contribution in [2.75, 3.05) is 26.2 Å². The second-order valence-electron chi connectivity index (χ2n) is 7.04. The first-order valence-corrected chi connectivity index (χ1v) is 9.11. The Morgan fingerprint density at radius 3 is 2.93 bits per heavy atom. The predicted molar refractivity (Wildman–Crippen MR) is 98.1 cm³/mol. The molecule has 2 fully saturated rings. The number of carbonyl (C=O) groups is 2. The molecule has 3 heterocycles. The summed E-state index contributed by atoms with van der Waals surface area (Å²) in [6, 6.07) is 10.4. The highest BCUT2D eigenvalue weighted by molar-refractivity contribution is 5.95. The van der Waals surface area contributed by atoms with Crippen LogP contribution in [0.3, 0.4) is 0 Å². The van der Waals surface area contributed by atoms with Crippen LogP contribution in [0.2, 0.25) is 0 Å². The Hall–Kier alpha value is -3.31. The Labute approximate surface area is 162 Å². The van der Waals surface area contributed by atoms with E-state index in [0.29, 0.717) is 42.9 Å². The smallest absolute Gasteiger partial charge is 0.253 e. The van der Waals surface area contributed by atoms with E-state index in [2.05, 4.69) is 21.6 Å². The lowest BCUT2D eigenvalue weighted by atomic mass is 9.93. The van der Waals surface area contributed by atoms with E-state index in [1.165, 1.54) is 12.4 Å². The minimum atomic E-state index is -0.197. The Morgan fingerprint density at radius 1 is 1.25 bits per heavy atom. The molecular weight excluding hydrogens is 358 g/mol. The van der Waals surface area contributed by atoms with Crippen LogP contribution < -0.4 is 5.32 Å². The van der Waals surface area contributed by atoms with Crippen LogP contribution in [0.25, 0.3) is 0 Å². The molecule has 0 bridgehead atoms. The standard InChI is InChI=1S/C20H19N5O3/c21-7-13-2-1-3-14(6-13)20(27)25-10-17-16(12-28-18(17)11-25)8-22-19(26)15-4-5-23-24-9-15/h1-6,9,16-18H,8,10-12H2,(H,22,26)/t16-,17-,18-/m1/s1. The zero-order valence-corrected chi connectivity index (χ0v) is 15.1. The molecule has 0 aliphatic carbocycles. The quantitative estimate of drug-likeness (QED) is 0.847. The maximum atomic E-state index is 12.8. The lowest BCUT2D eigenvalue weighted by Crippen LogP contribution is -2.35. The van der Waals surface area contributed by atoms with Crippen LogP contribution in [0.15, 0.2) is 42.7 Å². The van der Waals surface area contributed by atoms with Gasteiger partial charge < -0.3 is 15.0 Å². The van der Waals surface area contributed by atoms with Gasteiger partial charge in [0.25, 0.3) is 11.8 Å². The number of hydrogen-bond acceptors (Lipinski definition) is 6. The highest BCUT2D eigenvalue weighted by Crippen LogP contribution is 2.34. The number of nitrogens with zero attached hydrogens (tertiary/aromatic N) is 4. The van der Waals surface area contributed by atoms with Crippen molar-refractivity contribution in [3.8, 4) is 6.07 Å². The van der Waals surface area contributed by atoms with E-state index in [1.807, 2.05) is 0 Å². The number of benzene rings is 1. The first-order valence-electron chi connectivity index (χ1n) is 9.11. The van der Waals surface area contributed by atoms with Crippen molar-refractivity contribution in [2.45, 2.75) is 6.10 Å². The first-order chi connectivity index (χ1) is 13.7. The monoisotopic (exact) mass is 377 g/mol. The number of ether oxygens (including phenoxy) is 1. The second kappa shape index (κ2) is 7.74. The fourth-order valence-corrected chi connectivity index (χ4v) is 3.83. The van der Waals surface area contributed by atoms with E-state index < -0.39 is 0 Å². The Kier molecular flexibility index (Phi) is 5.00. The van der Waals surface area contributed by atoms with Crippen molar-refractivity contribution in [1.29, 1.82) is 5.26 Å². The summed E-state index contributed by atoms with van der Waals surface area (Å²) in [7, 11) is 0. The molecule has 2 aliphatic heterocycles. The van der Waals surface area contributed by atoms with Gasteiger partial charge in [0.1, 0.15) is 0 Å². The molecule has 0 unspecified atom stereocenters. The molecule has 1 aromatic heterocycles. The number of nitriles is 1. The number of amides is 2. The van der Waals surface area contributed by atoms with Crippen molar-refractivity contribution in [3.05, 3.63) is 59.4 Å². The van der Waals surface area contributed by atoms with Crippen LogP contribution in [0.4, 0.5) is 0 Å². The third-order valence-corrected chi connectivity index (χ3v) is 5.34. The maximum absolute atomic E-state index is 12.8. The van der Waals surface area contributed by atoms with E-state index >= 15 is 0 Å². The molecule has 2 saturated heterocycles. The molecule has 8 heteroatoms. The van der Waals surface area contributed by atoms with Crippen molar-refractivity contribution in [1.82, 2.24) is 20.4 Å². The fraction of sp³-hybridized carbons (Fsp3) is 0.350. The average Bonchev–Trinajstić information content (AvgIpc) is 3.33. The van der Waals surface area contributed by atoms with Crippen LogP contribution in [0.1, 0.15) is 26.3 Å². The topological polar surface area (TPSA) is 108 Å². The van der Waals surface area contributed by atoms with Gasteiger partial charge in [0, 0.05) is 37.0 Å². The lowest BCUT2D eigenvalue weighted by Gasteiger charge is -2.20. The minimum Gasteiger partial charge on any atom is -0.376 e. The largest absolute Gasteiger partial charge is 0.376 e. The van der Waals surface area contributed by atoms with E-state index in [1.54, 1.807) is 35.2 Å². The van der Waals surface area contributed by atoms with E-state index in [-0.39, 0.29) is 29.8 Å². The van der Waals surface area contributed by atoms with Gasteiger partial charge in [0.15, 0.2) is 0 Å². The number of aromatic nitrogens is 2. The van der Waals surface area contributed by atoms with Gasteiger partial charge in [0.2, 0.25) is 0 Å². The third-order valence-electron chi connectivity index (χ3n) is 5.34. The fourth-order valence-electron chi connectivity index (χ4n) is 3.83. The van der Waals surface area contributed by atoms with Crippen molar-refractivity contribution >= 4 is 11.8 Å². The normalized spacial score (nSPS) is 23.1. The number of rotatable bonds is 4. The summed E-state index contributed by atoms with van der Waals surface area (Å²) < 4.78 is 5.87. The molecule has 1 N–H and O–H groups in total. The summed E-state index contributed by atoms with van der Waals surface area (Å²) >= 11 is 0. The highest BCUT2D eigenvalue weighted by Gasteiger charge is 2.45. The van der Waals surface area contributed by atoms with Crippen molar-refractivity contribution < 1.29 is 14.3 Å². The molecule has 1 aromatic carbocycles. The van der Waals surface area contributed by atoms with Gasteiger partial charge in [-0.2, -0.15) is 15.5 Å². The summed E-state index contributed by atoms with van der Waals surface area (Å²) in [6.07, 6.45) is 2.88. The van der Waals surface area contributed by atoms with Gasteiger partial charge in [-0.05, 0) is 24.3 Å². The average molecular weight is 377 g/mol. The van der Waals surface area contributed by atoms with Crippen molar-refractivity contribution in [3.63, 3.8) is 0 Å². The van der Waals surface area contributed by atoms with Crippen molar-refractivity contribution in [2.24, 2.45) is 11.8 Å². The Bertz CT molecular complexity index is 927. The summed E-state index contributed by atoms with van der Waals surface area (Å²) in [5, 5.41) is 19.3. The summed E-state index contributed by atoms with van der Waals surface area (Å²) in [4.78, 5) is 26.8. The van der Waals surface area contributed by atoms with E-state index in [9.17, 15) is 9.59 Å². The van der Waals surface area contributed by atoms with Crippen LogP contribution in [-0.2, 0) is 4.74 Å². The molecule has 2 aromatic rings. The minimum absolute atomic E-state index is 0.0207. The number of likely N-dealkylation sites (tertiary alicyclic amines) is 1. The lowest BCUT2D eigenvalue weighted by molar-refractivity contribution is 0.0674. The molecule has 8 nitrogen and oxygen atoms in total. The molecular formula is C20H19N5O3. The van der Waals surface area contributed by atoms with Crippen LogP contribution in [0, 0.1) is 23.2 Å². The molecule has 0 saturated carbocycles. The Morgan fingerprint density at radius 2 is 2.14 bits per heavy atom. The molecule has 2 amide bonds. The van der Waals surface area contributed by atoms with E-state index in [0.717, 1.165) is 0 Å². The number of nitrogens with one attached hydrogen (secondary N) is 1. The molecule has 4 rings (SSSR count). The molecule has 0 radical (unpaired) electrons. The summed E-state index contributed by atoms with van der Waals surface area (Å²) in [5.74, 6) is 0.0318. The van der Waals surface area contributed by atoms with Gasteiger partial charge in [-0.1, -0.05) is 6.07 Å². The summed E-state index contributed by atoms with van der Waals surface area (Å²) in [5.41, 5.74) is 1.44. The van der Waals surface area contributed by atoms with E-state index in [4.69, 9.17) is 10.00 Å². The first kappa shape index (κ1) is 18.1. The maximum Gasteiger partial charge on any atom is 0.253 e. The van der Waals surface area contributed by atoms with Gasteiger partial charge in [-0.25, -0.2) is 0 Å². The van der Waals surface area contributed by atoms with Gasteiger partial charge >= 0.3 is 0 Å². The third kappa shape index (κ3) is 3.57. The number of carbonyl (C=O) groups excluding carboxylic acids is 2. The Balaban J connectivity index is 1.37. The predicted octanol–water partition coefficient (Wildman–Crippen LogP) is 0.865. The van der Waals surface area contributed by atoms with Gasteiger partial charge in [-0.3, -0.25) is 9.59 Å². The highest BCUT2D eigenvalue weighted by atomic mass is 16.5.